The van der Waals surface area contributed by atoms with Gasteiger partial charge in [-0.3, -0.25) is 24.9 Å². The van der Waals surface area contributed by atoms with Gasteiger partial charge in [0.1, 0.15) is 11.4 Å². The third-order valence-corrected chi connectivity index (χ3v) is 9.27. The molecule has 2 amide bonds. The van der Waals surface area contributed by atoms with Crippen molar-refractivity contribution in [1.82, 2.24) is 20.5 Å². The van der Waals surface area contributed by atoms with E-state index in [-0.39, 0.29) is 41.1 Å². The topological polar surface area (TPSA) is 107 Å². The third-order valence-electron chi connectivity index (χ3n) is 9.27. The number of pyridine rings is 1. The average Bonchev–Trinajstić information content (AvgIpc) is 3.46. The number of carbonyl (C=O) groups excluding carboxylic acids is 2. The second-order valence-corrected chi connectivity index (χ2v) is 12.6. The number of aromatic nitrogens is 1. The Kier molecular flexibility index (Phi) is 6.72. The van der Waals surface area contributed by atoms with E-state index in [0.717, 1.165) is 29.7 Å². The minimum absolute atomic E-state index is 0.0307. The van der Waals surface area contributed by atoms with E-state index in [2.05, 4.69) is 29.5 Å². The van der Waals surface area contributed by atoms with Gasteiger partial charge < -0.3 is 15.4 Å². The molecular weight excluding hydrogens is 490 g/mol. The van der Waals surface area contributed by atoms with Gasteiger partial charge in [0.2, 0.25) is 11.8 Å². The molecule has 1 saturated heterocycles. The molecule has 1 aliphatic carbocycles. The number of benzene rings is 1. The van der Waals surface area contributed by atoms with E-state index < -0.39 is 17.2 Å². The van der Waals surface area contributed by atoms with Gasteiger partial charge in [0.05, 0.1) is 18.5 Å². The quantitative estimate of drug-likeness (QED) is 0.459. The highest BCUT2D eigenvalue weighted by molar-refractivity contribution is 6.00. The van der Waals surface area contributed by atoms with Crippen molar-refractivity contribution in [1.29, 1.82) is 5.41 Å². The van der Waals surface area contributed by atoms with Gasteiger partial charge in [-0.15, -0.1) is 0 Å². The van der Waals surface area contributed by atoms with Gasteiger partial charge in [0.15, 0.2) is 5.96 Å². The Morgan fingerprint density at radius 1 is 1.18 bits per heavy atom. The van der Waals surface area contributed by atoms with Crippen molar-refractivity contribution in [2.45, 2.75) is 90.4 Å². The second-order valence-electron chi connectivity index (χ2n) is 12.6. The Bertz CT molecular complexity index is 1250. The molecule has 1 unspecified atom stereocenters. The lowest BCUT2D eigenvalue weighted by atomic mass is 9.85. The average molecular weight is 532 g/mol. The molecule has 5 rings (SSSR count). The minimum atomic E-state index is -0.470. The maximum absolute atomic E-state index is 14.0. The van der Waals surface area contributed by atoms with Crippen LogP contribution in [0.3, 0.4) is 0 Å². The van der Waals surface area contributed by atoms with Gasteiger partial charge in [-0.05, 0) is 49.8 Å². The Labute approximate surface area is 231 Å². The molecule has 3 heterocycles. The maximum Gasteiger partial charge on any atom is 0.232 e. The fourth-order valence-corrected chi connectivity index (χ4v) is 6.85. The van der Waals surface area contributed by atoms with Crippen LogP contribution >= 0.6 is 0 Å². The van der Waals surface area contributed by atoms with Crippen molar-refractivity contribution in [2.24, 2.45) is 17.3 Å². The largest absolute Gasteiger partial charge is 0.487 e. The van der Waals surface area contributed by atoms with Gasteiger partial charge in [-0.25, -0.2) is 0 Å². The van der Waals surface area contributed by atoms with Crippen LogP contribution in [-0.4, -0.2) is 38.8 Å². The number of carbonyl (C=O) groups is 2. The molecule has 2 fully saturated rings. The van der Waals surface area contributed by atoms with Gasteiger partial charge in [-0.2, -0.15) is 0 Å². The summed E-state index contributed by atoms with van der Waals surface area (Å²) in [5.74, 6) is 0.283. The molecule has 3 aliphatic rings. The van der Waals surface area contributed by atoms with E-state index in [1.807, 2.05) is 64.1 Å². The summed E-state index contributed by atoms with van der Waals surface area (Å²) < 4.78 is 6.17. The van der Waals surface area contributed by atoms with Gasteiger partial charge in [0.25, 0.3) is 0 Å². The SMILES string of the molecule is CCC1(CC)CC(=O)N([C@H](c2cccnc2)C2[C@H](C(=O)N[C@H]3CC(C)(C)Oc4ccccc43)C2(C)C)C(=N)N1. The van der Waals surface area contributed by atoms with E-state index in [1.165, 1.54) is 0 Å². The number of nitrogens with one attached hydrogen (secondary N) is 3. The molecule has 8 nitrogen and oxygen atoms in total. The number of guanidine groups is 1. The van der Waals surface area contributed by atoms with Crippen LogP contribution < -0.4 is 15.4 Å². The zero-order valence-corrected chi connectivity index (χ0v) is 23.9. The summed E-state index contributed by atoms with van der Waals surface area (Å²) in [6.45, 7) is 12.3. The van der Waals surface area contributed by atoms with Crippen LogP contribution in [0.2, 0.25) is 0 Å². The number of fused-ring (bicyclic) bond motifs is 1. The van der Waals surface area contributed by atoms with Crippen LogP contribution in [0.4, 0.5) is 0 Å². The molecule has 0 bridgehead atoms. The molecule has 8 heteroatoms. The molecule has 2 aromatic rings. The van der Waals surface area contributed by atoms with Crippen molar-refractivity contribution < 1.29 is 14.3 Å². The molecule has 2 aliphatic heterocycles. The second kappa shape index (κ2) is 9.65. The first-order valence-corrected chi connectivity index (χ1v) is 14.1. The van der Waals surface area contributed by atoms with Gasteiger partial charge in [-0.1, -0.05) is 52.0 Å². The summed E-state index contributed by atoms with van der Waals surface area (Å²) in [4.78, 5) is 33.6. The van der Waals surface area contributed by atoms with Crippen LogP contribution in [0.5, 0.6) is 5.75 Å². The van der Waals surface area contributed by atoms with Gasteiger partial charge >= 0.3 is 0 Å². The molecule has 0 spiro atoms. The van der Waals surface area contributed by atoms with Crippen LogP contribution in [0.1, 0.15) is 90.4 Å². The molecular formula is C31H41N5O3. The van der Waals surface area contributed by atoms with Crippen LogP contribution in [-0.2, 0) is 9.59 Å². The van der Waals surface area contributed by atoms with Crippen molar-refractivity contribution >= 4 is 17.8 Å². The standard InChI is InChI=1S/C31H41N5O3/c1-7-31(8-2)17-23(37)36(28(32)35-31)26(19-12-11-15-33-18-19)24-25(30(24,5)6)27(38)34-21-16-29(3,4)39-22-14-10-9-13-20(21)22/h9-15,18,21,24-26H,7-8,16-17H2,1-6H3,(H2,32,35)(H,34,38)/t21-,24?,25+,26+/m0/s1. The minimum Gasteiger partial charge on any atom is -0.487 e. The fourth-order valence-electron chi connectivity index (χ4n) is 6.85. The number of para-hydroxylation sites is 1. The molecule has 1 aromatic carbocycles. The van der Waals surface area contributed by atoms with Crippen LogP contribution in [0, 0.1) is 22.7 Å². The predicted molar refractivity (Wildman–Crippen MR) is 150 cm³/mol. The molecule has 3 N–H and O–H groups in total. The number of rotatable bonds is 7. The number of nitrogens with zero attached hydrogens (tertiary/aromatic N) is 2. The Morgan fingerprint density at radius 3 is 2.54 bits per heavy atom. The van der Waals surface area contributed by atoms with Gasteiger partial charge in [0, 0.05) is 41.8 Å². The lowest BCUT2D eigenvalue weighted by molar-refractivity contribution is -0.134. The lowest BCUT2D eigenvalue weighted by Crippen LogP contribution is -2.62. The number of hydrogen-bond acceptors (Lipinski definition) is 5. The first-order valence-electron chi connectivity index (χ1n) is 14.1. The summed E-state index contributed by atoms with van der Waals surface area (Å²) in [5, 5.41) is 15.6. The number of amides is 2. The normalized spacial score (nSPS) is 27.0. The lowest BCUT2D eigenvalue weighted by Gasteiger charge is -2.45. The molecule has 4 atom stereocenters. The van der Waals surface area contributed by atoms with Crippen LogP contribution in [0.15, 0.2) is 48.8 Å². The molecule has 1 aromatic heterocycles. The summed E-state index contributed by atoms with van der Waals surface area (Å²) in [6.07, 6.45) is 5.95. The summed E-state index contributed by atoms with van der Waals surface area (Å²) in [7, 11) is 0. The van der Waals surface area contributed by atoms with E-state index in [0.29, 0.717) is 12.8 Å². The highest BCUT2D eigenvalue weighted by Crippen LogP contribution is 2.65. The van der Waals surface area contributed by atoms with Crippen LogP contribution in [0.25, 0.3) is 0 Å². The first-order chi connectivity index (χ1) is 18.4. The Balaban J connectivity index is 1.45. The zero-order chi connectivity index (χ0) is 28.2. The maximum atomic E-state index is 14.0. The van der Waals surface area contributed by atoms with Crippen molar-refractivity contribution in [3.63, 3.8) is 0 Å². The smallest absolute Gasteiger partial charge is 0.232 e. The fraction of sp³-hybridized carbons (Fsp3) is 0.548. The first kappa shape index (κ1) is 27.2. The van der Waals surface area contributed by atoms with E-state index in [4.69, 9.17) is 10.1 Å². The molecule has 39 heavy (non-hydrogen) atoms. The monoisotopic (exact) mass is 531 g/mol. The van der Waals surface area contributed by atoms with Crippen molar-refractivity contribution in [3.05, 3.63) is 59.9 Å². The van der Waals surface area contributed by atoms with Crippen molar-refractivity contribution in [2.75, 3.05) is 0 Å². The highest BCUT2D eigenvalue weighted by Gasteiger charge is 2.67. The Morgan fingerprint density at radius 2 is 1.90 bits per heavy atom. The molecule has 1 saturated carbocycles. The summed E-state index contributed by atoms with van der Waals surface area (Å²) >= 11 is 0. The molecule has 0 radical (unpaired) electrons. The number of hydrogen-bond donors (Lipinski definition) is 3. The number of ether oxygens (including phenoxy) is 1. The predicted octanol–water partition coefficient (Wildman–Crippen LogP) is 5.13. The highest BCUT2D eigenvalue weighted by atomic mass is 16.5. The summed E-state index contributed by atoms with van der Waals surface area (Å²) in [6, 6.07) is 11.0. The Hall–Kier alpha value is -3.42. The molecule has 208 valence electrons. The summed E-state index contributed by atoms with van der Waals surface area (Å²) in [5.41, 5.74) is 0.619. The van der Waals surface area contributed by atoms with E-state index >= 15 is 0 Å². The third kappa shape index (κ3) is 4.79. The zero-order valence-electron chi connectivity index (χ0n) is 23.9. The van der Waals surface area contributed by atoms with E-state index in [1.54, 1.807) is 17.3 Å². The van der Waals surface area contributed by atoms with Crippen molar-refractivity contribution in [3.8, 4) is 5.75 Å². The van der Waals surface area contributed by atoms with E-state index in [9.17, 15) is 9.59 Å².